The molecule has 0 radical (unpaired) electrons. The second-order valence-corrected chi connectivity index (χ2v) is 4.45. The van der Waals surface area contributed by atoms with Crippen molar-refractivity contribution in [3.05, 3.63) is 35.6 Å². The van der Waals surface area contributed by atoms with Crippen LogP contribution in [0.4, 0.5) is 4.39 Å². The monoisotopic (exact) mass is 236 g/mol. The fraction of sp³-hybridized carbons (Fsp3) is 0.462. The molecule has 1 amide bonds. The molecule has 1 aliphatic rings. The molecule has 1 saturated heterocycles. The minimum absolute atomic E-state index is 0.0210. The van der Waals surface area contributed by atoms with Crippen molar-refractivity contribution >= 4 is 5.91 Å². The number of benzene rings is 1. The zero-order chi connectivity index (χ0) is 12.3. The van der Waals surface area contributed by atoms with Gasteiger partial charge in [0.25, 0.3) is 0 Å². The summed E-state index contributed by atoms with van der Waals surface area (Å²) < 4.78 is 13.0. The Hall–Kier alpha value is -1.42. The molecule has 92 valence electrons. The van der Waals surface area contributed by atoms with Crippen LogP contribution < -0.4 is 5.73 Å². The van der Waals surface area contributed by atoms with E-state index in [9.17, 15) is 9.18 Å². The van der Waals surface area contributed by atoms with Crippen LogP contribution in [0.1, 0.15) is 18.4 Å². The third-order valence-corrected chi connectivity index (χ3v) is 3.13. The van der Waals surface area contributed by atoms with E-state index in [0.717, 1.165) is 24.9 Å². The topological polar surface area (TPSA) is 46.3 Å². The Kier molecular flexibility index (Phi) is 3.74. The van der Waals surface area contributed by atoms with E-state index in [2.05, 4.69) is 0 Å². The maximum Gasteiger partial charge on any atom is 0.239 e. The smallest absolute Gasteiger partial charge is 0.239 e. The van der Waals surface area contributed by atoms with Crippen molar-refractivity contribution in [1.29, 1.82) is 0 Å². The summed E-state index contributed by atoms with van der Waals surface area (Å²) in [7, 11) is 0. The molecule has 0 aromatic heterocycles. The maximum atomic E-state index is 13.0. The first-order valence-corrected chi connectivity index (χ1v) is 5.95. The Bertz CT molecular complexity index is 408. The van der Waals surface area contributed by atoms with Gasteiger partial charge in [-0.05, 0) is 37.0 Å². The molecule has 3 nitrogen and oxygen atoms in total. The van der Waals surface area contributed by atoms with Crippen LogP contribution in [0.2, 0.25) is 0 Å². The zero-order valence-electron chi connectivity index (χ0n) is 9.73. The molecule has 0 bridgehead atoms. The van der Waals surface area contributed by atoms with Gasteiger partial charge in [-0.2, -0.15) is 0 Å². The number of likely N-dealkylation sites (tertiary alicyclic amines) is 1. The van der Waals surface area contributed by atoms with Crippen molar-refractivity contribution in [2.24, 2.45) is 5.73 Å². The largest absolute Gasteiger partial charge is 0.341 e. The Morgan fingerprint density at radius 2 is 2.29 bits per heavy atom. The molecule has 1 aromatic rings. The van der Waals surface area contributed by atoms with Crippen LogP contribution in [-0.4, -0.2) is 29.9 Å². The summed E-state index contributed by atoms with van der Waals surface area (Å²) in [5.74, 6) is -0.211. The van der Waals surface area contributed by atoms with Gasteiger partial charge in [0.1, 0.15) is 5.82 Å². The highest BCUT2D eigenvalue weighted by atomic mass is 19.1. The van der Waals surface area contributed by atoms with E-state index < -0.39 is 0 Å². The van der Waals surface area contributed by atoms with Gasteiger partial charge in [-0.1, -0.05) is 12.1 Å². The van der Waals surface area contributed by atoms with Crippen molar-refractivity contribution in [3.8, 4) is 0 Å². The Balaban J connectivity index is 1.91. The SMILES string of the molecule is NC1CCCN(CCc2cccc(F)c2)C1=O. The predicted molar refractivity (Wildman–Crippen MR) is 63.9 cm³/mol. The molecule has 4 heteroatoms. The molecule has 1 unspecified atom stereocenters. The number of carbonyl (C=O) groups is 1. The van der Waals surface area contributed by atoms with Crippen molar-refractivity contribution in [2.75, 3.05) is 13.1 Å². The van der Waals surface area contributed by atoms with Crippen LogP contribution in [0.15, 0.2) is 24.3 Å². The number of rotatable bonds is 3. The average Bonchev–Trinajstić information content (AvgIpc) is 2.31. The van der Waals surface area contributed by atoms with E-state index in [4.69, 9.17) is 5.73 Å². The Morgan fingerprint density at radius 3 is 3.06 bits per heavy atom. The summed E-state index contributed by atoms with van der Waals surface area (Å²) in [6.07, 6.45) is 2.40. The van der Waals surface area contributed by atoms with E-state index >= 15 is 0 Å². The second-order valence-electron chi connectivity index (χ2n) is 4.45. The number of nitrogens with two attached hydrogens (primary N) is 1. The van der Waals surface area contributed by atoms with Crippen LogP contribution >= 0.6 is 0 Å². The van der Waals surface area contributed by atoms with Crippen molar-refractivity contribution in [3.63, 3.8) is 0 Å². The molecular formula is C13H17FN2O. The lowest BCUT2D eigenvalue weighted by atomic mass is 10.0. The molecule has 1 aromatic carbocycles. The summed E-state index contributed by atoms with van der Waals surface area (Å²) in [6, 6.07) is 6.14. The van der Waals surface area contributed by atoms with E-state index in [0.29, 0.717) is 13.0 Å². The molecule has 2 N–H and O–H groups in total. The minimum Gasteiger partial charge on any atom is -0.341 e. The van der Waals surface area contributed by atoms with Crippen LogP contribution in [0.3, 0.4) is 0 Å². The first-order chi connectivity index (χ1) is 8.16. The van der Waals surface area contributed by atoms with E-state index in [1.165, 1.54) is 12.1 Å². The highest BCUT2D eigenvalue weighted by Gasteiger charge is 2.24. The predicted octanol–water partition coefficient (Wildman–Crippen LogP) is 1.32. The lowest BCUT2D eigenvalue weighted by Gasteiger charge is -2.30. The fourth-order valence-electron chi connectivity index (χ4n) is 2.15. The van der Waals surface area contributed by atoms with Gasteiger partial charge in [-0.25, -0.2) is 4.39 Å². The standard InChI is InChI=1S/C13H17FN2O/c14-11-4-1-3-10(9-11)6-8-16-7-2-5-12(15)13(16)17/h1,3-4,9,12H,2,5-8,15H2. The van der Waals surface area contributed by atoms with Gasteiger partial charge in [-0.15, -0.1) is 0 Å². The van der Waals surface area contributed by atoms with Gasteiger partial charge in [-0.3, -0.25) is 4.79 Å². The first-order valence-electron chi connectivity index (χ1n) is 5.95. The second kappa shape index (κ2) is 5.27. The third kappa shape index (κ3) is 3.03. The van der Waals surface area contributed by atoms with Gasteiger partial charge in [0, 0.05) is 13.1 Å². The van der Waals surface area contributed by atoms with E-state index in [-0.39, 0.29) is 17.8 Å². The number of nitrogens with zero attached hydrogens (tertiary/aromatic N) is 1. The number of hydrogen-bond acceptors (Lipinski definition) is 2. The summed E-state index contributed by atoms with van der Waals surface area (Å²) in [5, 5.41) is 0. The first kappa shape index (κ1) is 12.0. The number of piperidine rings is 1. The van der Waals surface area contributed by atoms with Gasteiger partial charge in [0.15, 0.2) is 0 Å². The van der Waals surface area contributed by atoms with Crippen molar-refractivity contribution in [2.45, 2.75) is 25.3 Å². The van der Waals surface area contributed by atoms with E-state index in [1.54, 1.807) is 11.0 Å². The van der Waals surface area contributed by atoms with Crippen molar-refractivity contribution < 1.29 is 9.18 Å². The van der Waals surface area contributed by atoms with E-state index in [1.807, 2.05) is 6.07 Å². The molecule has 2 rings (SSSR count). The van der Waals surface area contributed by atoms with Crippen LogP contribution in [0.5, 0.6) is 0 Å². The zero-order valence-corrected chi connectivity index (χ0v) is 9.73. The highest BCUT2D eigenvalue weighted by Crippen LogP contribution is 2.11. The van der Waals surface area contributed by atoms with Crippen LogP contribution in [-0.2, 0) is 11.2 Å². The lowest BCUT2D eigenvalue weighted by Crippen LogP contribution is -2.48. The summed E-state index contributed by atoms with van der Waals surface area (Å²) in [4.78, 5) is 13.5. The number of carbonyl (C=O) groups excluding carboxylic acids is 1. The van der Waals surface area contributed by atoms with Crippen LogP contribution in [0, 0.1) is 5.82 Å². The van der Waals surface area contributed by atoms with Gasteiger partial charge < -0.3 is 10.6 Å². The molecule has 1 atom stereocenters. The summed E-state index contributed by atoms with van der Waals surface area (Å²) >= 11 is 0. The quantitative estimate of drug-likeness (QED) is 0.860. The molecule has 1 heterocycles. The van der Waals surface area contributed by atoms with Crippen molar-refractivity contribution in [1.82, 2.24) is 4.90 Å². The third-order valence-electron chi connectivity index (χ3n) is 3.13. The minimum atomic E-state index is -0.351. The van der Waals surface area contributed by atoms with Gasteiger partial charge in [0.05, 0.1) is 6.04 Å². The molecule has 0 saturated carbocycles. The Morgan fingerprint density at radius 1 is 1.47 bits per heavy atom. The number of amides is 1. The Labute approximate surface area is 100 Å². The molecule has 17 heavy (non-hydrogen) atoms. The molecule has 0 spiro atoms. The van der Waals surface area contributed by atoms with Gasteiger partial charge >= 0.3 is 0 Å². The average molecular weight is 236 g/mol. The maximum absolute atomic E-state index is 13.0. The molecule has 0 aliphatic carbocycles. The lowest BCUT2D eigenvalue weighted by molar-refractivity contribution is -0.134. The number of halogens is 1. The number of hydrogen-bond donors (Lipinski definition) is 1. The normalized spacial score (nSPS) is 20.7. The molecule has 1 aliphatic heterocycles. The highest BCUT2D eigenvalue weighted by molar-refractivity contribution is 5.82. The molecule has 1 fully saturated rings. The summed E-state index contributed by atoms with van der Waals surface area (Å²) in [6.45, 7) is 1.39. The van der Waals surface area contributed by atoms with Gasteiger partial charge in [0.2, 0.25) is 5.91 Å². The fourth-order valence-corrected chi connectivity index (χ4v) is 2.15. The molecular weight excluding hydrogens is 219 g/mol. The van der Waals surface area contributed by atoms with Crippen LogP contribution in [0.25, 0.3) is 0 Å². The summed E-state index contributed by atoms with van der Waals surface area (Å²) in [5.41, 5.74) is 6.62.